The van der Waals surface area contributed by atoms with Gasteiger partial charge in [-0.25, -0.2) is 0 Å². The molecule has 0 bridgehead atoms. The van der Waals surface area contributed by atoms with E-state index < -0.39 is 0 Å². The van der Waals surface area contributed by atoms with E-state index >= 15 is 0 Å². The molecule has 0 amide bonds. The quantitative estimate of drug-likeness (QED) is 0.154. The van der Waals surface area contributed by atoms with Gasteiger partial charge in [-0.2, -0.15) is 0 Å². The van der Waals surface area contributed by atoms with E-state index in [2.05, 4.69) is 203 Å². The highest BCUT2D eigenvalue weighted by molar-refractivity contribution is 6.69. The largest absolute Gasteiger partial charge is 0.456 e. The molecule has 0 atom stereocenters. The van der Waals surface area contributed by atoms with E-state index in [-0.39, 0.29) is 0 Å². The molecule has 0 saturated carbocycles. The summed E-state index contributed by atoms with van der Waals surface area (Å²) in [6.07, 6.45) is 0. The molecule has 2 aromatic heterocycles. The SMILES string of the molecule is Bc1c(B)c(B)c(-c2c3ccccc3c(-c3cc(-c4ccc5oc(-c6ccccc6-c6ccccc6)cc5c4)cc4oc5ccccc5c34)c3ccccc23)c(B)c1B. The molecule has 59 heavy (non-hydrogen) atoms. The van der Waals surface area contributed by atoms with Crippen LogP contribution in [0.25, 0.3) is 110 Å². The van der Waals surface area contributed by atoms with Gasteiger partial charge >= 0.3 is 0 Å². The van der Waals surface area contributed by atoms with Crippen LogP contribution in [0.4, 0.5) is 0 Å². The molecule has 0 aliphatic carbocycles. The van der Waals surface area contributed by atoms with Crippen LogP contribution >= 0.6 is 0 Å². The molecule has 0 aliphatic rings. The Morgan fingerprint density at radius 3 is 1.54 bits per heavy atom. The molecule has 0 fully saturated rings. The fraction of sp³-hybridized carbons (Fsp3) is 0. The fourth-order valence-corrected chi connectivity index (χ4v) is 9.70. The lowest BCUT2D eigenvalue weighted by atomic mass is 9.59. The lowest BCUT2D eigenvalue weighted by molar-refractivity contribution is 0.632. The van der Waals surface area contributed by atoms with Gasteiger partial charge in [0.2, 0.25) is 0 Å². The topological polar surface area (TPSA) is 26.3 Å². The number of furan rings is 2. The Morgan fingerprint density at radius 1 is 0.305 bits per heavy atom. The molecule has 2 heterocycles. The third-order valence-corrected chi connectivity index (χ3v) is 13.1. The molecular formula is C52H37B5O2. The van der Waals surface area contributed by atoms with Gasteiger partial charge in [0.1, 0.15) is 61.7 Å². The standard InChI is InChI=1S/C52H37B5O2/c53-48-47(49(54)51(56)52(57)50(48)55)46-36-18-8-6-16-34(36)44(35-17-7-9-19-37(35)46)39-25-30(26-43-45(39)38-20-10-11-21-41(38)59-43)29-22-23-40-31(24-29)27-42(58-40)33-15-5-4-14-32(33)28-12-2-1-3-13-28/h1-27H,53-57H2. The van der Waals surface area contributed by atoms with Crippen molar-refractivity contribution in [3.63, 3.8) is 0 Å². The third kappa shape index (κ3) is 5.48. The average molecular weight is 748 g/mol. The lowest BCUT2D eigenvalue weighted by Crippen LogP contribution is -2.55. The van der Waals surface area contributed by atoms with E-state index in [1.54, 1.807) is 0 Å². The molecule has 272 valence electrons. The van der Waals surface area contributed by atoms with Gasteiger partial charge in [-0.1, -0.05) is 138 Å². The van der Waals surface area contributed by atoms with Crippen molar-refractivity contribution in [1.82, 2.24) is 0 Å². The number of rotatable bonds is 5. The Balaban J connectivity index is 1.17. The Morgan fingerprint density at radius 2 is 0.864 bits per heavy atom. The second kappa shape index (κ2) is 13.6. The van der Waals surface area contributed by atoms with Crippen molar-refractivity contribution in [2.45, 2.75) is 0 Å². The summed E-state index contributed by atoms with van der Waals surface area (Å²) >= 11 is 0. The highest BCUT2D eigenvalue weighted by Gasteiger charge is 2.24. The summed E-state index contributed by atoms with van der Waals surface area (Å²) in [5.41, 5.74) is 20.0. The number of benzene rings is 9. The maximum absolute atomic E-state index is 6.75. The Bertz CT molecular complexity index is 3420. The third-order valence-electron chi connectivity index (χ3n) is 13.1. The van der Waals surface area contributed by atoms with Gasteiger partial charge in [0.25, 0.3) is 0 Å². The lowest BCUT2D eigenvalue weighted by Gasteiger charge is -2.24. The first-order valence-electron chi connectivity index (χ1n) is 20.5. The van der Waals surface area contributed by atoms with E-state index in [1.807, 2.05) is 0 Å². The smallest absolute Gasteiger partial charge is 0.139 e. The molecule has 11 rings (SSSR count). The fourth-order valence-electron chi connectivity index (χ4n) is 9.70. The molecule has 0 aliphatic heterocycles. The van der Waals surface area contributed by atoms with E-state index in [4.69, 9.17) is 8.83 Å². The van der Waals surface area contributed by atoms with E-state index in [1.165, 1.54) is 71.1 Å². The van der Waals surface area contributed by atoms with Crippen LogP contribution in [0, 0.1) is 0 Å². The highest BCUT2D eigenvalue weighted by Crippen LogP contribution is 2.48. The predicted octanol–water partition coefficient (Wildman–Crippen LogP) is 6.27. The maximum atomic E-state index is 6.75. The molecule has 0 saturated heterocycles. The minimum atomic E-state index is 0.854. The van der Waals surface area contributed by atoms with Crippen molar-refractivity contribution in [3.05, 3.63) is 164 Å². The molecule has 0 spiro atoms. The zero-order valence-electron chi connectivity index (χ0n) is 33.9. The van der Waals surface area contributed by atoms with Gasteiger partial charge < -0.3 is 8.83 Å². The van der Waals surface area contributed by atoms with Crippen LogP contribution in [0.15, 0.2) is 173 Å². The zero-order valence-corrected chi connectivity index (χ0v) is 33.9. The zero-order chi connectivity index (χ0) is 39.9. The molecule has 0 unspecified atom stereocenters. The van der Waals surface area contributed by atoms with Crippen molar-refractivity contribution in [2.75, 3.05) is 0 Å². The summed E-state index contributed by atoms with van der Waals surface area (Å²) in [5.74, 6) is 0.854. The predicted molar refractivity (Wildman–Crippen MR) is 267 cm³/mol. The molecule has 0 radical (unpaired) electrons. The highest BCUT2D eigenvalue weighted by atomic mass is 16.3. The average Bonchev–Trinajstić information content (AvgIpc) is 3.89. The number of fused-ring (bicyclic) bond motifs is 6. The second-order valence-corrected chi connectivity index (χ2v) is 16.1. The Kier molecular flexibility index (Phi) is 8.17. The van der Waals surface area contributed by atoms with Gasteiger partial charge in [-0.15, -0.1) is 16.4 Å². The Hall–Kier alpha value is -6.84. The van der Waals surface area contributed by atoms with Crippen molar-refractivity contribution in [2.24, 2.45) is 0 Å². The maximum Gasteiger partial charge on any atom is 0.139 e. The van der Waals surface area contributed by atoms with Crippen molar-refractivity contribution in [1.29, 1.82) is 0 Å². The summed E-state index contributed by atoms with van der Waals surface area (Å²) in [6.45, 7) is 0. The normalized spacial score (nSPS) is 11.7. The van der Waals surface area contributed by atoms with Crippen LogP contribution in [0.3, 0.4) is 0 Å². The number of para-hydroxylation sites is 1. The summed E-state index contributed by atoms with van der Waals surface area (Å²) in [6, 6.07) is 58.8. The van der Waals surface area contributed by atoms with Crippen LogP contribution in [-0.4, -0.2) is 39.2 Å². The van der Waals surface area contributed by atoms with Gasteiger partial charge in [0, 0.05) is 21.7 Å². The first-order valence-corrected chi connectivity index (χ1v) is 20.5. The summed E-state index contributed by atoms with van der Waals surface area (Å²) in [4.78, 5) is 0. The first kappa shape index (κ1) is 35.3. The van der Waals surface area contributed by atoms with Crippen LogP contribution in [0.5, 0.6) is 0 Å². The summed E-state index contributed by atoms with van der Waals surface area (Å²) in [5, 5.41) is 8.27. The first-order chi connectivity index (χ1) is 28.9. The number of hydrogen-bond donors (Lipinski definition) is 0. The molecule has 2 nitrogen and oxygen atoms in total. The second-order valence-electron chi connectivity index (χ2n) is 16.1. The summed E-state index contributed by atoms with van der Waals surface area (Å²) in [7, 11) is 11.4. The van der Waals surface area contributed by atoms with Crippen LogP contribution in [-0.2, 0) is 0 Å². The van der Waals surface area contributed by atoms with E-state index in [0.717, 1.165) is 66.5 Å². The number of hydrogen-bond acceptors (Lipinski definition) is 2. The van der Waals surface area contributed by atoms with Crippen molar-refractivity contribution < 1.29 is 8.83 Å². The van der Waals surface area contributed by atoms with Crippen LogP contribution in [0.1, 0.15) is 0 Å². The molecule has 9 aromatic carbocycles. The van der Waals surface area contributed by atoms with Gasteiger partial charge in [-0.05, 0) is 102 Å². The van der Waals surface area contributed by atoms with E-state index in [9.17, 15) is 0 Å². The van der Waals surface area contributed by atoms with E-state index in [0.29, 0.717) is 0 Å². The van der Waals surface area contributed by atoms with Crippen molar-refractivity contribution >= 4 is 121 Å². The summed E-state index contributed by atoms with van der Waals surface area (Å²) < 4.78 is 13.3. The molecule has 11 aromatic rings. The van der Waals surface area contributed by atoms with Gasteiger partial charge in [-0.3, -0.25) is 0 Å². The monoisotopic (exact) mass is 748 g/mol. The minimum absolute atomic E-state index is 0.854. The van der Waals surface area contributed by atoms with Gasteiger partial charge in [0.15, 0.2) is 0 Å². The molecule has 7 heteroatoms. The van der Waals surface area contributed by atoms with Crippen molar-refractivity contribution in [3.8, 4) is 55.8 Å². The molecule has 0 N–H and O–H groups in total. The van der Waals surface area contributed by atoms with Crippen LogP contribution in [0.2, 0.25) is 0 Å². The molecular weight excluding hydrogens is 711 g/mol. The van der Waals surface area contributed by atoms with Gasteiger partial charge in [0.05, 0.1) is 0 Å². The minimum Gasteiger partial charge on any atom is -0.456 e. The van der Waals surface area contributed by atoms with Crippen LogP contribution < -0.4 is 27.3 Å². The Labute approximate surface area is 347 Å².